The fourth-order valence-corrected chi connectivity index (χ4v) is 1.96. The lowest BCUT2D eigenvalue weighted by atomic mass is 9.96. The minimum absolute atomic E-state index is 0.0650. The van der Waals surface area contributed by atoms with Crippen LogP contribution in [0.3, 0.4) is 0 Å². The molecule has 1 fully saturated rings. The summed E-state index contributed by atoms with van der Waals surface area (Å²) in [6.07, 6.45) is 3.03. The van der Waals surface area contributed by atoms with Gasteiger partial charge in [0.05, 0.1) is 6.07 Å². The van der Waals surface area contributed by atoms with E-state index in [-0.39, 0.29) is 18.2 Å². The van der Waals surface area contributed by atoms with Crippen LogP contribution in [0.2, 0.25) is 0 Å². The van der Waals surface area contributed by atoms with E-state index >= 15 is 0 Å². The quantitative estimate of drug-likeness (QED) is 0.651. The van der Waals surface area contributed by atoms with Gasteiger partial charge in [-0.05, 0) is 25.2 Å². The van der Waals surface area contributed by atoms with Crippen LogP contribution in [0.15, 0.2) is 0 Å². The molecule has 6 heteroatoms. The van der Waals surface area contributed by atoms with E-state index in [1.165, 1.54) is 0 Å². The number of nitriles is 1. The van der Waals surface area contributed by atoms with Gasteiger partial charge in [0.1, 0.15) is 6.42 Å². The number of hydrogen-bond acceptors (Lipinski definition) is 4. The normalized spacial score (nSPS) is 15.5. The van der Waals surface area contributed by atoms with E-state index in [1.54, 1.807) is 6.07 Å². The lowest BCUT2D eigenvalue weighted by Crippen LogP contribution is -2.31. The van der Waals surface area contributed by atoms with Gasteiger partial charge < -0.3 is 15.4 Å². The summed E-state index contributed by atoms with van der Waals surface area (Å²) in [5.74, 6) is 0.232. The molecule has 0 atom stereocenters. The van der Waals surface area contributed by atoms with Crippen molar-refractivity contribution in [2.75, 3.05) is 26.3 Å². The highest BCUT2D eigenvalue weighted by Crippen LogP contribution is 2.17. The Labute approximate surface area is 113 Å². The molecular formula is C13H21N3O3. The van der Waals surface area contributed by atoms with Gasteiger partial charge in [-0.1, -0.05) is 0 Å². The highest BCUT2D eigenvalue weighted by molar-refractivity contribution is 5.78. The third-order valence-electron chi connectivity index (χ3n) is 3.05. The Kier molecular flexibility index (Phi) is 7.59. The average molecular weight is 267 g/mol. The molecule has 0 aromatic rings. The summed E-state index contributed by atoms with van der Waals surface area (Å²) < 4.78 is 5.24. The van der Waals surface area contributed by atoms with Crippen molar-refractivity contribution in [3.8, 4) is 6.07 Å². The second-order valence-corrected chi connectivity index (χ2v) is 4.65. The highest BCUT2D eigenvalue weighted by atomic mass is 16.5. The molecule has 6 nitrogen and oxygen atoms in total. The van der Waals surface area contributed by atoms with Crippen LogP contribution in [0.4, 0.5) is 0 Å². The maximum absolute atomic E-state index is 11.6. The molecule has 0 aromatic heterocycles. The van der Waals surface area contributed by atoms with Crippen LogP contribution in [0, 0.1) is 17.2 Å². The molecule has 19 heavy (non-hydrogen) atoms. The topological polar surface area (TPSA) is 91.2 Å². The Morgan fingerprint density at radius 3 is 2.42 bits per heavy atom. The second-order valence-electron chi connectivity index (χ2n) is 4.65. The third-order valence-corrected chi connectivity index (χ3v) is 3.05. The number of rotatable bonds is 7. The first kappa shape index (κ1) is 15.4. The van der Waals surface area contributed by atoms with E-state index in [9.17, 15) is 9.59 Å². The molecule has 1 saturated heterocycles. The maximum Gasteiger partial charge on any atom is 0.234 e. The van der Waals surface area contributed by atoms with Crippen LogP contribution in [0.1, 0.15) is 32.1 Å². The minimum Gasteiger partial charge on any atom is -0.381 e. The maximum atomic E-state index is 11.6. The zero-order valence-corrected chi connectivity index (χ0v) is 11.1. The summed E-state index contributed by atoms with van der Waals surface area (Å²) in [5.41, 5.74) is 0. The first-order valence-corrected chi connectivity index (χ1v) is 6.70. The number of nitrogens with zero attached hydrogens (tertiary/aromatic N) is 1. The lowest BCUT2D eigenvalue weighted by molar-refractivity contribution is -0.122. The molecule has 0 saturated carbocycles. The summed E-state index contributed by atoms with van der Waals surface area (Å²) in [4.78, 5) is 22.6. The van der Waals surface area contributed by atoms with Gasteiger partial charge in [0, 0.05) is 32.7 Å². The number of nitrogens with one attached hydrogen (secondary N) is 2. The molecule has 1 aliphatic heterocycles. The van der Waals surface area contributed by atoms with Crippen LogP contribution < -0.4 is 10.6 Å². The molecule has 0 aromatic carbocycles. The van der Waals surface area contributed by atoms with Crippen LogP contribution in [0.5, 0.6) is 0 Å². The molecular weight excluding hydrogens is 246 g/mol. The van der Waals surface area contributed by atoms with Crippen molar-refractivity contribution in [3.05, 3.63) is 0 Å². The molecule has 2 N–H and O–H groups in total. The Morgan fingerprint density at radius 2 is 1.79 bits per heavy atom. The molecule has 2 amide bonds. The molecule has 0 spiro atoms. The SMILES string of the molecule is N#CCC(=O)NCCCNC(=O)CC1CCOCC1. The molecule has 106 valence electrons. The van der Waals surface area contributed by atoms with Crippen molar-refractivity contribution in [1.29, 1.82) is 5.26 Å². The van der Waals surface area contributed by atoms with Gasteiger partial charge >= 0.3 is 0 Å². The van der Waals surface area contributed by atoms with Crippen molar-refractivity contribution < 1.29 is 14.3 Å². The summed E-state index contributed by atoms with van der Waals surface area (Å²) in [6.45, 7) is 2.54. The van der Waals surface area contributed by atoms with Crippen molar-refractivity contribution in [2.24, 2.45) is 5.92 Å². The Morgan fingerprint density at radius 1 is 1.16 bits per heavy atom. The summed E-state index contributed by atoms with van der Waals surface area (Å²) >= 11 is 0. The van der Waals surface area contributed by atoms with E-state index in [4.69, 9.17) is 10.00 Å². The molecule has 1 aliphatic rings. The first-order chi connectivity index (χ1) is 9.22. The average Bonchev–Trinajstić information content (AvgIpc) is 2.40. The third kappa shape index (κ3) is 7.42. The highest BCUT2D eigenvalue weighted by Gasteiger charge is 2.16. The van der Waals surface area contributed by atoms with Gasteiger partial charge in [0.25, 0.3) is 0 Å². The van der Waals surface area contributed by atoms with Gasteiger partial charge in [-0.15, -0.1) is 0 Å². The molecule has 0 unspecified atom stereocenters. The largest absolute Gasteiger partial charge is 0.381 e. The number of carbonyl (C=O) groups is 2. The standard InChI is InChI=1S/C13H21N3O3/c14-5-2-12(17)15-6-1-7-16-13(18)10-11-3-8-19-9-4-11/h11H,1-4,6-10H2,(H,15,17)(H,16,18). The fourth-order valence-electron chi connectivity index (χ4n) is 1.96. The van der Waals surface area contributed by atoms with E-state index in [2.05, 4.69) is 10.6 Å². The minimum atomic E-state index is -0.268. The summed E-state index contributed by atoms with van der Waals surface area (Å²) in [7, 11) is 0. The number of ether oxygens (including phenoxy) is 1. The Balaban J connectivity index is 1.98. The van der Waals surface area contributed by atoms with E-state index in [0.29, 0.717) is 31.8 Å². The van der Waals surface area contributed by atoms with Gasteiger partial charge in [0.15, 0.2) is 0 Å². The first-order valence-electron chi connectivity index (χ1n) is 6.70. The summed E-state index contributed by atoms with van der Waals surface area (Å²) in [6, 6.07) is 1.78. The van der Waals surface area contributed by atoms with Crippen molar-refractivity contribution >= 4 is 11.8 Å². The fraction of sp³-hybridized carbons (Fsp3) is 0.769. The Bertz CT molecular complexity index is 333. The molecule has 1 heterocycles. The monoisotopic (exact) mass is 267 g/mol. The van der Waals surface area contributed by atoms with Crippen molar-refractivity contribution in [3.63, 3.8) is 0 Å². The van der Waals surface area contributed by atoms with Gasteiger partial charge in [-0.2, -0.15) is 5.26 Å². The van der Waals surface area contributed by atoms with E-state index < -0.39 is 0 Å². The van der Waals surface area contributed by atoms with Gasteiger partial charge in [-0.3, -0.25) is 9.59 Å². The molecule has 1 rings (SSSR count). The van der Waals surface area contributed by atoms with Crippen LogP contribution in [-0.4, -0.2) is 38.1 Å². The van der Waals surface area contributed by atoms with Crippen LogP contribution in [0.25, 0.3) is 0 Å². The second kappa shape index (κ2) is 9.34. The molecule has 0 aliphatic carbocycles. The van der Waals surface area contributed by atoms with Crippen LogP contribution >= 0.6 is 0 Å². The number of carbonyl (C=O) groups excluding carboxylic acids is 2. The predicted molar refractivity (Wildman–Crippen MR) is 69.0 cm³/mol. The molecule has 0 radical (unpaired) electrons. The Hall–Kier alpha value is -1.61. The van der Waals surface area contributed by atoms with E-state index in [0.717, 1.165) is 26.1 Å². The number of amides is 2. The number of hydrogen-bond donors (Lipinski definition) is 2. The smallest absolute Gasteiger partial charge is 0.234 e. The van der Waals surface area contributed by atoms with Crippen LogP contribution in [-0.2, 0) is 14.3 Å². The van der Waals surface area contributed by atoms with Gasteiger partial charge in [-0.25, -0.2) is 0 Å². The van der Waals surface area contributed by atoms with Gasteiger partial charge in [0.2, 0.25) is 11.8 Å². The molecule has 0 bridgehead atoms. The summed E-state index contributed by atoms with van der Waals surface area (Å²) in [5, 5.41) is 13.7. The van der Waals surface area contributed by atoms with E-state index in [1.807, 2.05) is 0 Å². The van der Waals surface area contributed by atoms with Crippen molar-refractivity contribution in [1.82, 2.24) is 10.6 Å². The lowest BCUT2D eigenvalue weighted by Gasteiger charge is -2.21. The predicted octanol–water partition coefficient (Wildman–Crippen LogP) is 0.339. The zero-order chi connectivity index (χ0) is 13.9. The van der Waals surface area contributed by atoms with Crippen molar-refractivity contribution in [2.45, 2.75) is 32.1 Å². The zero-order valence-electron chi connectivity index (χ0n) is 11.1.